The number of hydrogen-bond acceptors (Lipinski definition) is 3. The Balaban J connectivity index is 2.34. The van der Waals surface area contributed by atoms with Gasteiger partial charge in [0, 0.05) is 26.2 Å². The van der Waals surface area contributed by atoms with Crippen LogP contribution in [0.5, 0.6) is 0 Å². The zero-order chi connectivity index (χ0) is 14.1. The molecule has 0 radical (unpaired) electrons. The van der Waals surface area contributed by atoms with Crippen molar-refractivity contribution in [3.05, 3.63) is 12.7 Å². The summed E-state index contributed by atoms with van der Waals surface area (Å²) in [5, 5.41) is 3.22. The second-order valence-electron chi connectivity index (χ2n) is 5.30. The van der Waals surface area contributed by atoms with E-state index < -0.39 is 0 Å². The summed E-state index contributed by atoms with van der Waals surface area (Å²) in [7, 11) is 0. The van der Waals surface area contributed by atoms with E-state index in [1.165, 1.54) is 0 Å². The smallest absolute Gasteiger partial charge is 0.409 e. The average Bonchev–Trinajstić information content (AvgIpc) is 2.47. The van der Waals surface area contributed by atoms with E-state index in [1.54, 1.807) is 4.90 Å². The van der Waals surface area contributed by atoms with Crippen molar-refractivity contribution in [3.8, 4) is 0 Å². The van der Waals surface area contributed by atoms with Gasteiger partial charge in [0.25, 0.3) is 0 Å². The fraction of sp³-hybridized carbons (Fsp3) is 0.800. The fourth-order valence-corrected chi connectivity index (χ4v) is 2.59. The number of allylic oxidation sites excluding steroid dienone is 1. The molecule has 1 aliphatic rings. The molecule has 110 valence electrons. The van der Waals surface area contributed by atoms with Gasteiger partial charge in [-0.05, 0) is 18.3 Å². The summed E-state index contributed by atoms with van der Waals surface area (Å²) in [6.07, 6.45) is 5.92. The Labute approximate surface area is 117 Å². The Morgan fingerprint density at radius 1 is 1.37 bits per heavy atom. The van der Waals surface area contributed by atoms with Gasteiger partial charge in [0.05, 0.1) is 6.61 Å². The van der Waals surface area contributed by atoms with Crippen molar-refractivity contribution in [1.82, 2.24) is 10.2 Å². The lowest BCUT2D eigenvalue weighted by Gasteiger charge is -2.31. The highest BCUT2D eigenvalue weighted by Gasteiger charge is 2.25. The van der Waals surface area contributed by atoms with Gasteiger partial charge in [-0.25, -0.2) is 4.79 Å². The molecule has 0 aromatic carbocycles. The lowest BCUT2D eigenvalue weighted by atomic mass is 9.77. The molecule has 0 aromatic rings. The number of carbonyl (C=O) groups excluding carboxylic acids is 1. The number of amides is 1. The van der Waals surface area contributed by atoms with Gasteiger partial charge in [0.2, 0.25) is 0 Å². The maximum absolute atomic E-state index is 11.9. The molecule has 0 aliphatic carbocycles. The third kappa shape index (κ3) is 4.86. The molecular weight excluding hydrogens is 240 g/mol. The number of carbonyl (C=O) groups is 1. The molecule has 0 aromatic heterocycles. The molecule has 19 heavy (non-hydrogen) atoms. The molecule has 0 saturated carbocycles. The van der Waals surface area contributed by atoms with Crippen molar-refractivity contribution in [1.29, 1.82) is 0 Å². The molecule has 0 unspecified atom stereocenters. The second-order valence-corrected chi connectivity index (χ2v) is 5.30. The summed E-state index contributed by atoms with van der Waals surface area (Å²) < 4.78 is 5.41. The van der Waals surface area contributed by atoms with Gasteiger partial charge < -0.3 is 15.0 Å². The largest absolute Gasteiger partial charge is 0.449 e. The van der Waals surface area contributed by atoms with Crippen LogP contribution in [0.15, 0.2) is 12.7 Å². The van der Waals surface area contributed by atoms with Crippen molar-refractivity contribution >= 4 is 6.09 Å². The molecule has 1 saturated heterocycles. The molecule has 1 N–H and O–H groups in total. The van der Waals surface area contributed by atoms with Crippen LogP contribution < -0.4 is 5.32 Å². The zero-order valence-electron chi connectivity index (χ0n) is 12.4. The lowest BCUT2D eigenvalue weighted by Crippen LogP contribution is -2.46. The van der Waals surface area contributed by atoms with Crippen molar-refractivity contribution < 1.29 is 9.53 Å². The Morgan fingerprint density at radius 3 is 2.53 bits per heavy atom. The van der Waals surface area contributed by atoms with E-state index in [1.807, 2.05) is 6.08 Å². The van der Waals surface area contributed by atoms with Gasteiger partial charge in [0.15, 0.2) is 0 Å². The Morgan fingerprint density at radius 2 is 2.00 bits per heavy atom. The highest BCUT2D eigenvalue weighted by atomic mass is 16.6. The molecule has 1 fully saturated rings. The number of nitrogens with zero attached hydrogens (tertiary/aromatic N) is 1. The van der Waals surface area contributed by atoms with Crippen LogP contribution in [0.2, 0.25) is 0 Å². The molecule has 1 rings (SSSR count). The van der Waals surface area contributed by atoms with Crippen molar-refractivity contribution in [2.24, 2.45) is 5.41 Å². The molecule has 0 bridgehead atoms. The van der Waals surface area contributed by atoms with Gasteiger partial charge in [-0.2, -0.15) is 0 Å². The van der Waals surface area contributed by atoms with Gasteiger partial charge in [-0.3, -0.25) is 0 Å². The average molecular weight is 268 g/mol. The molecule has 0 spiro atoms. The van der Waals surface area contributed by atoms with Crippen LogP contribution in [0.4, 0.5) is 4.79 Å². The molecule has 1 heterocycles. The SMILES string of the molecule is C=CCC(CC)(CC)CCOC(=O)N1CCNCC1. The first kappa shape index (κ1) is 16.0. The minimum absolute atomic E-state index is 0.166. The third-order valence-electron chi connectivity index (χ3n) is 4.31. The molecule has 1 amide bonds. The van der Waals surface area contributed by atoms with E-state index in [2.05, 4.69) is 25.7 Å². The maximum atomic E-state index is 11.9. The Kier molecular flexibility index (Phi) is 6.92. The number of piperazine rings is 1. The van der Waals surface area contributed by atoms with Gasteiger partial charge in [-0.1, -0.05) is 32.8 Å². The number of nitrogens with one attached hydrogen (secondary N) is 1. The van der Waals surface area contributed by atoms with Crippen molar-refractivity contribution in [2.45, 2.75) is 39.5 Å². The normalized spacial score (nSPS) is 16.2. The molecular formula is C15H28N2O2. The van der Waals surface area contributed by atoms with Crippen LogP contribution in [0.3, 0.4) is 0 Å². The zero-order valence-corrected chi connectivity index (χ0v) is 12.4. The minimum atomic E-state index is -0.166. The van der Waals surface area contributed by atoms with Gasteiger partial charge in [-0.15, -0.1) is 6.58 Å². The van der Waals surface area contributed by atoms with E-state index >= 15 is 0 Å². The van der Waals surface area contributed by atoms with E-state index in [9.17, 15) is 4.79 Å². The predicted molar refractivity (Wildman–Crippen MR) is 78.2 cm³/mol. The number of rotatable bonds is 7. The first-order valence-electron chi connectivity index (χ1n) is 7.41. The standard InChI is InChI=1S/C15H28N2O2/c1-4-7-15(5-2,6-3)8-13-19-14(18)17-11-9-16-10-12-17/h4,16H,1,5-13H2,2-3H3. The summed E-state index contributed by atoms with van der Waals surface area (Å²) in [4.78, 5) is 13.7. The summed E-state index contributed by atoms with van der Waals surface area (Å²) in [5.41, 5.74) is 0.242. The highest BCUT2D eigenvalue weighted by molar-refractivity contribution is 5.67. The summed E-state index contributed by atoms with van der Waals surface area (Å²) >= 11 is 0. The monoisotopic (exact) mass is 268 g/mol. The van der Waals surface area contributed by atoms with E-state index in [4.69, 9.17) is 4.74 Å². The molecule has 0 atom stereocenters. The first-order chi connectivity index (χ1) is 9.17. The van der Waals surface area contributed by atoms with Crippen molar-refractivity contribution in [3.63, 3.8) is 0 Å². The summed E-state index contributed by atoms with van der Waals surface area (Å²) in [5.74, 6) is 0. The quantitative estimate of drug-likeness (QED) is 0.722. The van der Waals surface area contributed by atoms with Gasteiger partial charge in [0.1, 0.15) is 0 Å². The second kappa shape index (κ2) is 8.20. The highest BCUT2D eigenvalue weighted by Crippen LogP contribution is 2.34. The van der Waals surface area contributed by atoms with Crippen molar-refractivity contribution in [2.75, 3.05) is 32.8 Å². The predicted octanol–water partition coefficient (Wildman–Crippen LogP) is 2.80. The van der Waals surface area contributed by atoms with E-state index in [0.29, 0.717) is 6.61 Å². The fourth-order valence-electron chi connectivity index (χ4n) is 2.59. The Bertz CT molecular complexity index is 282. The molecule has 4 heteroatoms. The third-order valence-corrected chi connectivity index (χ3v) is 4.31. The molecule has 4 nitrogen and oxygen atoms in total. The topological polar surface area (TPSA) is 41.6 Å². The first-order valence-corrected chi connectivity index (χ1v) is 7.41. The van der Waals surface area contributed by atoms with Crippen LogP contribution in [0, 0.1) is 5.41 Å². The number of hydrogen-bond donors (Lipinski definition) is 1. The van der Waals surface area contributed by atoms with Crippen LogP contribution in [0.1, 0.15) is 39.5 Å². The lowest BCUT2D eigenvalue weighted by molar-refractivity contribution is 0.0798. The van der Waals surface area contributed by atoms with Crippen LogP contribution in [-0.2, 0) is 4.74 Å². The van der Waals surface area contributed by atoms with Crippen LogP contribution in [-0.4, -0.2) is 43.8 Å². The van der Waals surface area contributed by atoms with E-state index in [-0.39, 0.29) is 11.5 Å². The molecule has 1 aliphatic heterocycles. The minimum Gasteiger partial charge on any atom is -0.449 e. The van der Waals surface area contributed by atoms with Crippen LogP contribution in [0.25, 0.3) is 0 Å². The van der Waals surface area contributed by atoms with E-state index in [0.717, 1.165) is 51.9 Å². The maximum Gasteiger partial charge on any atom is 0.409 e. The summed E-state index contributed by atoms with van der Waals surface area (Å²) in [6.45, 7) is 12.0. The Hall–Kier alpha value is -1.03. The van der Waals surface area contributed by atoms with Crippen LogP contribution >= 0.6 is 0 Å². The van der Waals surface area contributed by atoms with Gasteiger partial charge >= 0.3 is 6.09 Å². The summed E-state index contributed by atoms with van der Waals surface area (Å²) in [6, 6.07) is 0. The number of ether oxygens (including phenoxy) is 1.